The third-order valence-electron chi connectivity index (χ3n) is 3.58. The van der Waals surface area contributed by atoms with Crippen LogP contribution in [0.1, 0.15) is 24.2 Å². The number of nitrogens with zero attached hydrogens (tertiary/aromatic N) is 1. The number of amides is 1. The van der Waals surface area contributed by atoms with Gasteiger partial charge in [-0.1, -0.05) is 11.6 Å². The fourth-order valence-electron chi connectivity index (χ4n) is 2.08. The minimum Gasteiger partial charge on any atom is -0.426 e. The van der Waals surface area contributed by atoms with Crippen LogP contribution in [-0.2, 0) is 4.79 Å². The minimum atomic E-state index is -0.510. The maximum atomic E-state index is 12.5. The van der Waals surface area contributed by atoms with Gasteiger partial charge in [-0.05, 0) is 42.5 Å². The highest BCUT2D eigenvalue weighted by Gasteiger charge is 2.15. The summed E-state index contributed by atoms with van der Waals surface area (Å²) in [6.45, 7) is 3.24. The van der Waals surface area contributed by atoms with Gasteiger partial charge in [0.15, 0.2) is 0 Å². The molecule has 0 unspecified atom stereocenters. The highest BCUT2D eigenvalue weighted by atomic mass is 35.5. The molecule has 1 amide bonds. The van der Waals surface area contributed by atoms with Gasteiger partial charge in [-0.2, -0.15) is 0 Å². The number of halogens is 1. The molecule has 7 heteroatoms. The van der Waals surface area contributed by atoms with E-state index < -0.39 is 11.9 Å². The zero-order valence-electron chi connectivity index (χ0n) is 15.1. The first-order valence-electron chi connectivity index (χ1n) is 7.93. The average molecular weight is 375 g/mol. The molecule has 6 nitrogen and oxygen atoms in total. The number of nitrogens with one attached hydrogen (secondary N) is 2. The van der Waals surface area contributed by atoms with Crippen LogP contribution in [-0.4, -0.2) is 36.4 Å². The number of amidine groups is 1. The van der Waals surface area contributed by atoms with Crippen LogP contribution >= 0.6 is 11.6 Å². The number of carbonyl (C=O) groups excluding carboxylic acids is 2. The Kier molecular flexibility index (Phi) is 6.36. The van der Waals surface area contributed by atoms with E-state index in [1.807, 2.05) is 37.7 Å². The van der Waals surface area contributed by atoms with E-state index in [9.17, 15) is 9.59 Å². The summed E-state index contributed by atoms with van der Waals surface area (Å²) in [5.41, 5.74) is 1.70. The van der Waals surface area contributed by atoms with Gasteiger partial charge in [0.25, 0.3) is 5.91 Å². The second-order valence-electron chi connectivity index (χ2n) is 5.87. The summed E-state index contributed by atoms with van der Waals surface area (Å²) in [7, 11) is 3.89. The molecule has 2 rings (SSSR count). The lowest BCUT2D eigenvalue weighted by molar-refractivity contribution is -0.464. The number of ether oxygens (including phenoxy) is 1. The fraction of sp³-hybridized carbons (Fsp3) is 0.211. The van der Waals surface area contributed by atoms with Gasteiger partial charge in [0.1, 0.15) is 11.4 Å². The second kappa shape index (κ2) is 8.49. The Bertz CT molecular complexity index is 857. The molecule has 0 atom stereocenters. The Labute approximate surface area is 157 Å². The lowest BCUT2D eigenvalue weighted by Crippen LogP contribution is -2.18. The van der Waals surface area contributed by atoms with Gasteiger partial charge in [-0.3, -0.25) is 14.2 Å². The number of anilines is 2. The molecule has 2 aromatic rings. The van der Waals surface area contributed by atoms with Crippen molar-refractivity contribution in [2.24, 2.45) is 0 Å². The number of rotatable bonds is 4. The Morgan fingerprint density at radius 1 is 0.962 bits per heavy atom. The molecule has 0 bridgehead atoms. The first kappa shape index (κ1) is 19.5. The summed E-state index contributed by atoms with van der Waals surface area (Å²) < 4.78 is 7.03. The summed E-state index contributed by atoms with van der Waals surface area (Å²) in [6.07, 6.45) is 0. The molecule has 0 heterocycles. The molecule has 136 valence electrons. The standard InChI is InChI=1S/C19H20ClN3O3/c1-12(23(3)4)21-15-6-8-16(9-7-15)22-19(25)17-11-14(20)5-10-18(17)26-13(2)24/h5-11H,1-4H3,(H,22,25)/p+1. The first-order chi connectivity index (χ1) is 12.3. The first-order valence-corrected chi connectivity index (χ1v) is 8.31. The van der Waals surface area contributed by atoms with Crippen molar-refractivity contribution >= 4 is 40.7 Å². The van der Waals surface area contributed by atoms with Crippen molar-refractivity contribution in [2.75, 3.05) is 24.7 Å². The third kappa shape index (κ3) is 5.32. The molecule has 0 saturated carbocycles. The number of carbonyl (C=O) groups is 2. The molecule has 0 aliphatic rings. The molecule has 0 aliphatic carbocycles. The predicted octanol–water partition coefficient (Wildman–Crippen LogP) is 3.62. The van der Waals surface area contributed by atoms with Crippen LogP contribution in [0, 0.1) is 0 Å². The Hall–Kier alpha value is -2.86. The lowest BCUT2D eigenvalue weighted by Gasteiger charge is -2.10. The second-order valence-corrected chi connectivity index (χ2v) is 6.31. The summed E-state index contributed by atoms with van der Waals surface area (Å²) in [4.78, 5) is 23.7. The Morgan fingerprint density at radius 3 is 2.08 bits per heavy atom. The zero-order valence-corrected chi connectivity index (χ0v) is 15.8. The normalized spacial score (nSPS) is 10.0. The van der Waals surface area contributed by atoms with Crippen LogP contribution in [0.25, 0.3) is 0 Å². The Morgan fingerprint density at radius 2 is 1.54 bits per heavy atom. The molecule has 26 heavy (non-hydrogen) atoms. The van der Waals surface area contributed by atoms with E-state index in [1.165, 1.54) is 19.1 Å². The predicted molar refractivity (Wildman–Crippen MR) is 104 cm³/mol. The lowest BCUT2D eigenvalue weighted by atomic mass is 10.1. The molecule has 2 N–H and O–H groups in total. The van der Waals surface area contributed by atoms with E-state index in [0.29, 0.717) is 10.7 Å². The van der Waals surface area contributed by atoms with Crippen molar-refractivity contribution in [3.05, 3.63) is 53.1 Å². The monoisotopic (exact) mass is 374 g/mol. The van der Waals surface area contributed by atoms with E-state index in [2.05, 4.69) is 10.6 Å². The molecule has 2 aromatic carbocycles. The van der Waals surface area contributed by atoms with E-state index in [-0.39, 0.29) is 11.3 Å². The van der Waals surface area contributed by atoms with Crippen molar-refractivity contribution in [1.82, 2.24) is 0 Å². The van der Waals surface area contributed by atoms with E-state index in [4.69, 9.17) is 16.3 Å². The molecular formula is C19H21ClN3O3+. The van der Waals surface area contributed by atoms with E-state index in [0.717, 1.165) is 11.5 Å². The quantitative estimate of drug-likeness (QED) is 0.282. The van der Waals surface area contributed by atoms with Gasteiger partial charge in [0.2, 0.25) is 5.84 Å². The largest absolute Gasteiger partial charge is 0.426 e. The van der Waals surface area contributed by atoms with Gasteiger partial charge in [0, 0.05) is 24.6 Å². The zero-order chi connectivity index (χ0) is 19.3. The number of hydrogen-bond acceptors (Lipinski definition) is 3. The van der Waals surface area contributed by atoms with Crippen LogP contribution in [0.3, 0.4) is 0 Å². The van der Waals surface area contributed by atoms with E-state index >= 15 is 0 Å². The van der Waals surface area contributed by atoms with Gasteiger partial charge >= 0.3 is 5.97 Å². The van der Waals surface area contributed by atoms with Gasteiger partial charge < -0.3 is 10.1 Å². The van der Waals surface area contributed by atoms with Crippen LogP contribution in [0.2, 0.25) is 5.02 Å². The van der Waals surface area contributed by atoms with Crippen molar-refractivity contribution in [1.29, 1.82) is 0 Å². The van der Waals surface area contributed by atoms with Crippen molar-refractivity contribution in [3.8, 4) is 5.75 Å². The SMILES string of the molecule is CC(=O)Oc1ccc(Cl)cc1C(=O)Nc1ccc(NC(C)=[N+](C)C)cc1. The topological polar surface area (TPSA) is 70.4 Å². The maximum Gasteiger partial charge on any atom is 0.308 e. The molecule has 0 aliphatic heterocycles. The number of hydrogen-bond donors (Lipinski definition) is 2. The summed E-state index contributed by atoms with van der Waals surface area (Å²) >= 11 is 5.96. The Balaban J connectivity index is 2.16. The molecule has 0 fully saturated rings. The fourth-order valence-corrected chi connectivity index (χ4v) is 2.25. The molecular weight excluding hydrogens is 354 g/mol. The average Bonchev–Trinajstić information content (AvgIpc) is 2.57. The number of esters is 1. The maximum absolute atomic E-state index is 12.5. The molecule has 0 aromatic heterocycles. The third-order valence-corrected chi connectivity index (χ3v) is 3.81. The summed E-state index contributed by atoms with van der Waals surface area (Å²) in [5, 5.41) is 6.39. The van der Waals surface area contributed by atoms with Crippen LogP contribution in [0.4, 0.5) is 11.4 Å². The minimum absolute atomic E-state index is 0.161. The van der Waals surface area contributed by atoms with Crippen molar-refractivity contribution in [2.45, 2.75) is 13.8 Å². The van der Waals surface area contributed by atoms with Gasteiger partial charge in [-0.25, -0.2) is 5.32 Å². The summed E-state index contributed by atoms with van der Waals surface area (Å²) in [5.74, 6) is 0.227. The van der Waals surface area contributed by atoms with Crippen molar-refractivity contribution in [3.63, 3.8) is 0 Å². The smallest absolute Gasteiger partial charge is 0.308 e. The summed E-state index contributed by atoms with van der Waals surface area (Å²) in [6, 6.07) is 11.8. The highest BCUT2D eigenvalue weighted by molar-refractivity contribution is 6.31. The number of benzene rings is 2. The molecule has 0 radical (unpaired) electrons. The molecule has 0 saturated heterocycles. The van der Waals surface area contributed by atoms with Crippen LogP contribution in [0.5, 0.6) is 5.75 Å². The van der Waals surface area contributed by atoms with Crippen LogP contribution in [0.15, 0.2) is 42.5 Å². The van der Waals surface area contributed by atoms with Crippen LogP contribution < -0.4 is 15.4 Å². The molecule has 0 spiro atoms. The van der Waals surface area contributed by atoms with Crippen molar-refractivity contribution < 1.29 is 18.9 Å². The highest BCUT2D eigenvalue weighted by Crippen LogP contribution is 2.24. The van der Waals surface area contributed by atoms with E-state index in [1.54, 1.807) is 18.2 Å². The van der Waals surface area contributed by atoms with Gasteiger partial charge in [0.05, 0.1) is 19.7 Å². The van der Waals surface area contributed by atoms with Gasteiger partial charge in [-0.15, -0.1) is 0 Å².